The highest BCUT2D eigenvalue weighted by Gasteiger charge is 2.49. The quantitative estimate of drug-likeness (QED) is 0.231. The molecule has 2 bridgehead atoms. The number of benzene rings is 3. The minimum absolute atomic E-state index is 0.00732. The molecule has 3 saturated heterocycles. The van der Waals surface area contributed by atoms with Crippen LogP contribution in [-0.2, 0) is 12.1 Å². The minimum atomic E-state index is -0.615. The van der Waals surface area contributed by atoms with E-state index < -0.39 is 11.4 Å². The van der Waals surface area contributed by atoms with Gasteiger partial charge >= 0.3 is 6.01 Å². The van der Waals surface area contributed by atoms with Crippen molar-refractivity contribution in [1.82, 2.24) is 25.2 Å². The molecule has 3 fully saturated rings. The lowest BCUT2D eigenvalue weighted by Gasteiger charge is -2.32. The van der Waals surface area contributed by atoms with Gasteiger partial charge in [0.1, 0.15) is 35.2 Å². The molecule has 5 aromatic rings. The van der Waals surface area contributed by atoms with Gasteiger partial charge in [-0.15, -0.1) is 0 Å². The van der Waals surface area contributed by atoms with Crippen molar-refractivity contribution in [1.29, 1.82) is 0 Å². The summed E-state index contributed by atoms with van der Waals surface area (Å²) in [4.78, 5) is 18.9. The van der Waals surface area contributed by atoms with E-state index in [0.717, 1.165) is 79.4 Å². The molecule has 3 atom stereocenters. The summed E-state index contributed by atoms with van der Waals surface area (Å²) in [6.45, 7) is 8.33. The summed E-state index contributed by atoms with van der Waals surface area (Å²) in [6.07, 6.45) is 6.18. The molecule has 6 heterocycles. The molecule has 3 aromatic carbocycles. The number of aromatic nitrogens is 3. The summed E-state index contributed by atoms with van der Waals surface area (Å²) < 4.78 is 37.9. The van der Waals surface area contributed by atoms with Gasteiger partial charge in [-0.1, -0.05) is 36.9 Å². The van der Waals surface area contributed by atoms with Gasteiger partial charge in [-0.25, -0.2) is 8.78 Å². The molecule has 8 nitrogen and oxygen atoms in total. The average Bonchev–Trinajstić information content (AvgIpc) is 3.71. The Labute approximate surface area is 270 Å². The Hall–Kier alpha value is -4.67. The van der Waals surface area contributed by atoms with E-state index in [1.165, 1.54) is 12.1 Å². The number of phenols is 1. The lowest BCUT2D eigenvalue weighted by molar-refractivity contribution is 0.0825. The van der Waals surface area contributed by atoms with Crippen LogP contribution < -0.4 is 15.0 Å². The van der Waals surface area contributed by atoms with E-state index in [9.17, 15) is 9.50 Å². The highest BCUT2D eigenvalue weighted by Crippen LogP contribution is 2.47. The van der Waals surface area contributed by atoms with Crippen molar-refractivity contribution in [3.05, 3.63) is 89.6 Å². The van der Waals surface area contributed by atoms with E-state index in [4.69, 9.17) is 14.7 Å². The summed E-state index contributed by atoms with van der Waals surface area (Å²) in [5.74, 6) is 0.192. The van der Waals surface area contributed by atoms with Gasteiger partial charge < -0.3 is 20.1 Å². The first-order valence-corrected chi connectivity index (χ1v) is 16.3. The van der Waals surface area contributed by atoms with Gasteiger partial charge in [0.25, 0.3) is 0 Å². The molecule has 0 aliphatic carbocycles. The van der Waals surface area contributed by atoms with Gasteiger partial charge in [0.05, 0.1) is 10.9 Å². The predicted octanol–water partition coefficient (Wildman–Crippen LogP) is 6.15. The highest BCUT2D eigenvalue weighted by atomic mass is 19.1. The largest absolute Gasteiger partial charge is 0.508 e. The second-order valence-corrected chi connectivity index (χ2v) is 13.4. The zero-order valence-electron chi connectivity index (χ0n) is 25.8. The predicted molar refractivity (Wildman–Crippen MR) is 177 cm³/mol. The van der Waals surface area contributed by atoms with Crippen LogP contribution in [-0.4, -0.2) is 63.8 Å². The molecule has 2 N–H and O–H groups in total. The number of rotatable bonds is 6. The first-order valence-electron chi connectivity index (χ1n) is 16.3. The minimum Gasteiger partial charge on any atom is -0.508 e. The summed E-state index contributed by atoms with van der Waals surface area (Å²) in [5, 5.41) is 16.1. The van der Waals surface area contributed by atoms with Gasteiger partial charge in [0, 0.05) is 37.4 Å². The Balaban J connectivity index is 1.19. The molecule has 47 heavy (non-hydrogen) atoms. The van der Waals surface area contributed by atoms with Crippen LogP contribution in [0, 0.1) is 17.6 Å². The summed E-state index contributed by atoms with van der Waals surface area (Å²) >= 11 is 0. The molecular weight excluding hydrogens is 598 g/mol. The third-order valence-corrected chi connectivity index (χ3v) is 10.7. The number of ether oxygens (including phenoxy) is 1. The van der Waals surface area contributed by atoms with Crippen LogP contribution in [0.4, 0.5) is 14.6 Å². The number of aromatic hydroxyl groups is 1. The number of hydrogen-bond acceptors (Lipinski definition) is 8. The molecule has 4 aliphatic heterocycles. The van der Waals surface area contributed by atoms with Crippen LogP contribution in [0.5, 0.6) is 11.8 Å². The van der Waals surface area contributed by atoms with Crippen molar-refractivity contribution < 1.29 is 18.6 Å². The summed E-state index contributed by atoms with van der Waals surface area (Å²) in [5.41, 5.74) is 2.99. The molecule has 4 aliphatic rings. The Morgan fingerprint density at radius 2 is 2.04 bits per heavy atom. The van der Waals surface area contributed by atoms with E-state index in [-0.39, 0.29) is 41.4 Å². The van der Waals surface area contributed by atoms with Gasteiger partial charge in [0.15, 0.2) is 5.82 Å². The zero-order valence-corrected chi connectivity index (χ0v) is 25.8. The second-order valence-electron chi connectivity index (χ2n) is 13.4. The Morgan fingerprint density at radius 3 is 2.91 bits per heavy atom. The monoisotopic (exact) mass is 632 g/mol. The Morgan fingerprint density at radius 1 is 1.13 bits per heavy atom. The van der Waals surface area contributed by atoms with E-state index in [0.29, 0.717) is 22.7 Å². The fraction of sp³-hybridized carbons (Fsp3) is 0.324. The number of hydrogen-bond donors (Lipinski definition) is 2. The van der Waals surface area contributed by atoms with Crippen LogP contribution in [0.3, 0.4) is 0 Å². The standard InChI is InChI=1S/C37H34F2N6O2/c1-2-22-5-3-6-23-12-27(46)14-28(31(22)23)33-32(39)34-29(17-41-33)35(45-18-21-11-26(45)16-40-15-21)43-36(42-34)47-20-37-9-4-10-44(37)19-24-7-8-25(38)13-30(24)37/h2-3,5-8,12-14,17,21,26,40,46H,1,4,9-11,15-16,18-20H2. The molecule has 9 rings (SSSR count). The van der Waals surface area contributed by atoms with E-state index in [1.54, 1.807) is 24.4 Å². The first-order chi connectivity index (χ1) is 22.9. The lowest BCUT2D eigenvalue weighted by Crippen LogP contribution is -2.41. The average molecular weight is 633 g/mol. The van der Waals surface area contributed by atoms with Gasteiger partial charge in [-0.3, -0.25) is 9.88 Å². The number of pyridine rings is 1. The van der Waals surface area contributed by atoms with Crippen LogP contribution in [0.15, 0.2) is 61.3 Å². The Kier molecular flexibility index (Phi) is 6.49. The molecule has 2 aromatic heterocycles. The number of nitrogens with zero attached hydrogens (tertiary/aromatic N) is 5. The smallest absolute Gasteiger partial charge is 0.319 e. The first kappa shape index (κ1) is 28.5. The molecular formula is C37H34F2N6O2. The third kappa shape index (κ3) is 4.42. The number of anilines is 1. The van der Waals surface area contributed by atoms with Crippen LogP contribution in [0.25, 0.3) is 39.0 Å². The van der Waals surface area contributed by atoms with Crippen molar-refractivity contribution in [2.45, 2.75) is 37.4 Å². The van der Waals surface area contributed by atoms with Gasteiger partial charge in [-0.2, -0.15) is 9.97 Å². The van der Waals surface area contributed by atoms with E-state index in [1.807, 2.05) is 24.3 Å². The van der Waals surface area contributed by atoms with E-state index in [2.05, 4.69) is 26.7 Å². The number of halogens is 2. The van der Waals surface area contributed by atoms with Crippen molar-refractivity contribution >= 4 is 33.6 Å². The summed E-state index contributed by atoms with van der Waals surface area (Å²) in [7, 11) is 0. The third-order valence-electron chi connectivity index (χ3n) is 10.7. The van der Waals surface area contributed by atoms with Crippen molar-refractivity contribution in [3.63, 3.8) is 0 Å². The van der Waals surface area contributed by atoms with Crippen LogP contribution in [0.1, 0.15) is 36.0 Å². The second kappa shape index (κ2) is 10.7. The van der Waals surface area contributed by atoms with Crippen molar-refractivity contribution in [2.24, 2.45) is 5.92 Å². The molecule has 238 valence electrons. The maximum absolute atomic E-state index is 17.0. The molecule has 3 unspecified atom stereocenters. The van der Waals surface area contributed by atoms with Crippen molar-refractivity contribution in [3.8, 4) is 23.0 Å². The van der Waals surface area contributed by atoms with Gasteiger partial charge in [-0.05, 0) is 90.0 Å². The molecule has 0 radical (unpaired) electrons. The zero-order chi connectivity index (χ0) is 31.9. The lowest BCUT2D eigenvalue weighted by atomic mass is 9.88. The topological polar surface area (TPSA) is 86.6 Å². The van der Waals surface area contributed by atoms with Gasteiger partial charge in [0.2, 0.25) is 0 Å². The maximum atomic E-state index is 17.0. The molecule has 0 amide bonds. The number of nitrogens with one attached hydrogen (secondary N) is 1. The fourth-order valence-electron chi connectivity index (χ4n) is 8.58. The number of piperidine rings is 1. The maximum Gasteiger partial charge on any atom is 0.319 e. The molecule has 0 saturated carbocycles. The van der Waals surface area contributed by atoms with Crippen LogP contribution >= 0.6 is 0 Å². The van der Waals surface area contributed by atoms with E-state index >= 15 is 4.39 Å². The fourth-order valence-corrected chi connectivity index (χ4v) is 8.58. The summed E-state index contributed by atoms with van der Waals surface area (Å²) in [6, 6.07) is 14.1. The normalized spacial score (nSPS) is 23.4. The van der Waals surface area contributed by atoms with Crippen molar-refractivity contribution in [2.75, 3.05) is 37.7 Å². The number of fused-ring (bicyclic) bond motifs is 7. The molecule has 10 heteroatoms. The Bertz CT molecular complexity index is 2110. The highest BCUT2D eigenvalue weighted by molar-refractivity contribution is 6.04. The van der Waals surface area contributed by atoms with Crippen LogP contribution in [0.2, 0.25) is 0 Å². The number of phenolic OH excluding ortho intramolecular Hbond substituents is 1. The SMILES string of the molecule is C=Cc1cccc2cc(O)cc(-c3ncc4c(N5CC6CNCC5C6)nc(OCC56CCCN5Cc5ccc(F)cc56)nc4c3F)c12. The molecule has 0 spiro atoms.